The highest BCUT2D eigenvalue weighted by Crippen LogP contribution is 2.18. The van der Waals surface area contributed by atoms with E-state index in [0.717, 1.165) is 17.7 Å². The molecule has 1 heterocycles. The van der Waals surface area contributed by atoms with Crippen LogP contribution in [0.1, 0.15) is 22.4 Å². The summed E-state index contributed by atoms with van der Waals surface area (Å²) < 4.78 is 5.13. The molecule has 0 radical (unpaired) electrons. The Bertz CT molecular complexity index is 589. The number of ether oxygens (including phenoxy) is 1. The largest absolute Gasteiger partial charge is 0.497 e. The maximum Gasteiger partial charge on any atom is 0.222 e. The van der Waals surface area contributed by atoms with Crippen molar-refractivity contribution in [2.24, 2.45) is 0 Å². The summed E-state index contributed by atoms with van der Waals surface area (Å²) in [5.74, 6) is 1.02. The summed E-state index contributed by atoms with van der Waals surface area (Å²) in [5, 5.41) is 2.07. The number of nitrogens with zero attached hydrogens (tertiary/aromatic N) is 1. The summed E-state index contributed by atoms with van der Waals surface area (Å²) in [6.07, 6.45) is 1.30. The Labute approximate surface area is 130 Å². The lowest BCUT2D eigenvalue weighted by atomic mass is 10.1. The Kier molecular flexibility index (Phi) is 5.39. The Morgan fingerprint density at radius 2 is 1.95 bits per heavy atom. The van der Waals surface area contributed by atoms with Gasteiger partial charge in [0.15, 0.2) is 0 Å². The third kappa shape index (κ3) is 4.33. The minimum absolute atomic E-state index is 0.179. The third-order valence-electron chi connectivity index (χ3n) is 3.56. The molecule has 0 N–H and O–H groups in total. The summed E-state index contributed by atoms with van der Waals surface area (Å²) >= 11 is 1.71. The van der Waals surface area contributed by atoms with Gasteiger partial charge in [-0.25, -0.2) is 0 Å². The lowest BCUT2D eigenvalue weighted by Crippen LogP contribution is -2.26. The van der Waals surface area contributed by atoms with Crippen molar-refractivity contribution in [3.63, 3.8) is 0 Å². The summed E-state index contributed by atoms with van der Waals surface area (Å²) in [7, 11) is 3.52. The zero-order valence-electron chi connectivity index (χ0n) is 12.8. The van der Waals surface area contributed by atoms with Crippen molar-refractivity contribution in [3.05, 3.63) is 51.7 Å². The van der Waals surface area contributed by atoms with E-state index in [0.29, 0.717) is 13.0 Å². The minimum Gasteiger partial charge on any atom is -0.497 e. The van der Waals surface area contributed by atoms with Gasteiger partial charge in [-0.15, -0.1) is 11.3 Å². The molecule has 0 fully saturated rings. The van der Waals surface area contributed by atoms with Crippen molar-refractivity contribution in [3.8, 4) is 5.75 Å². The summed E-state index contributed by atoms with van der Waals surface area (Å²) in [6, 6.07) is 9.97. The second-order valence-corrected chi connectivity index (χ2v) is 6.13. The van der Waals surface area contributed by atoms with Crippen LogP contribution in [0.2, 0.25) is 0 Å². The van der Waals surface area contributed by atoms with E-state index in [1.54, 1.807) is 18.4 Å². The number of methoxy groups -OCH3 is 1. The van der Waals surface area contributed by atoms with Gasteiger partial charge in [0.25, 0.3) is 0 Å². The minimum atomic E-state index is 0.179. The van der Waals surface area contributed by atoms with E-state index in [4.69, 9.17) is 4.74 Å². The van der Waals surface area contributed by atoms with Crippen LogP contribution >= 0.6 is 11.3 Å². The predicted octanol–water partition coefficient (Wildman–Crippen LogP) is 3.66. The molecule has 0 aliphatic rings. The molecule has 3 nitrogen and oxygen atoms in total. The number of hydrogen-bond donors (Lipinski definition) is 0. The molecular formula is C17H21NO2S. The van der Waals surface area contributed by atoms with Gasteiger partial charge in [-0.05, 0) is 48.1 Å². The third-order valence-corrected chi connectivity index (χ3v) is 4.57. The van der Waals surface area contributed by atoms with Crippen LogP contribution in [-0.2, 0) is 17.8 Å². The highest BCUT2D eigenvalue weighted by molar-refractivity contribution is 7.10. The summed E-state index contributed by atoms with van der Waals surface area (Å²) in [5.41, 5.74) is 2.42. The van der Waals surface area contributed by atoms with Crippen LogP contribution in [0, 0.1) is 6.92 Å². The molecule has 2 aromatic rings. The fourth-order valence-corrected chi connectivity index (χ4v) is 3.06. The van der Waals surface area contributed by atoms with Gasteiger partial charge in [0.2, 0.25) is 5.91 Å². The van der Waals surface area contributed by atoms with Crippen molar-refractivity contribution < 1.29 is 9.53 Å². The quantitative estimate of drug-likeness (QED) is 0.815. The number of hydrogen-bond acceptors (Lipinski definition) is 3. The first-order valence-electron chi connectivity index (χ1n) is 7.00. The van der Waals surface area contributed by atoms with Gasteiger partial charge in [-0.1, -0.05) is 12.1 Å². The van der Waals surface area contributed by atoms with Gasteiger partial charge < -0.3 is 9.64 Å². The van der Waals surface area contributed by atoms with Gasteiger partial charge in [-0.3, -0.25) is 4.79 Å². The van der Waals surface area contributed by atoms with E-state index >= 15 is 0 Å². The molecule has 2 rings (SSSR count). The highest BCUT2D eigenvalue weighted by Gasteiger charge is 2.11. The Balaban J connectivity index is 1.84. The van der Waals surface area contributed by atoms with Gasteiger partial charge in [0.1, 0.15) is 5.75 Å². The van der Waals surface area contributed by atoms with E-state index in [-0.39, 0.29) is 5.91 Å². The number of benzene rings is 1. The molecule has 0 saturated heterocycles. The lowest BCUT2D eigenvalue weighted by Gasteiger charge is -2.17. The Morgan fingerprint density at radius 3 is 2.52 bits per heavy atom. The van der Waals surface area contributed by atoms with Crippen LogP contribution in [0.3, 0.4) is 0 Å². The fourth-order valence-electron chi connectivity index (χ4n) is 2.10. The number of carbonyl (C=O) groups is 1. The van der Waals surface area contributed by atoms with Gasteiger partial charge in [0.05, 0.1) is 13.7 Å². The number of aryl methyl sites for hydroxylation is 2. The van der Waals surface area contributed by atoms with E-state index in [1.165, 1.54) is 10.4 Å². The molecule has 0 spiro atoms. The molecule has 0 saturated carbocycles. The van der Waals surface area contributed by atoms with Crippen molar-refractivity contribution in [1.82, 2.24) is 4.90 Å². The molecule has 0 unspecified atom stereocenters. The first-order valence-corrected chi connectivity index (χ1v) is 7.88. The second-order valence-electron chi connectivity index (χ2n) is 5.12. The molecule has 112 valence electrons. The SMILES string of the molecule is COc1ccc(CCC(=O)N(C)Cc2sccc2C)cc1. The van der Waals surface area contributed by atoms with Crippen LogP contribution in [0.5, 0.6) is 5.75 Å². The number of amides is 1. The van der Waals surface area contributed by atoms with E-state index in [2.05, 4.69) is 18.4 Å². The maximum atomic E-state index is 12.2. The van der Waals surface area contributed by atoms with Gasteiger partial charge in [0, 0.05) is 18.3 Å². The van der Waals surface area contributed by atoms with Crippen LogP contribution < -0.4 is 4.74 Å². The first kappa shape index (κ1) is 15.6. The Hall–Kier alpha value is -1.81. The Morgan fingerprint density at radius 1 is 1.24 bits per heavy atom. The molecule has 21 heavy (non-hydrogen) atoms. The van der Waals surface area contributed by atoms with Crippen LogP contribution in [0.25, 0.3) is 0 Å². The van der Waals surface area contributed by atoms with Gasteiger partial charge >= 0.3 is 0 Å². The monoisotopic (exact) mass is 303 g/mol. The molecule has 1 aromatic carbocycles. The van der Waals surface area contributed by atoms with E-state index in [1.807, 2.05) is 36.2 Å². The first-order chi connectivity index (χ1) is 10.1. The lowest BCUT2D eigenvalue weighted by molar-refractivity contribution is -0.130. The van der Waals surface area contributed by atoms with Crippen LogP contribution in [-0.4, -0.2) is 25.0 Å². The smallest absolute Gasteiger partial charge is 0.222 e. The molecular weight excluding hydrogens is 282 g/mol. The maximum absolute atomic E-state index is 12.2. The normalized spacial score (nSPS) is 10.4. The molecule has 4 heteroatoms. The van der Waals surface area contributed by atoms with Crippen molar-refractivity contribution in [1.29, 1.82) is 0 Å². The fraction of sp³-hybridized carbons (Fsp3) is 0.353. The van der Waals surface area contributed by atoms with Crippen LogP contribution in [0.15, 0.2) is 35.7 Å². The zero-order valence-corrected chi connectivity index (χ0v) is 13.6. The molecule has 1 aromatic heterocycles. The molecule has 0 atom stereocenters. The number of rotatable bonds is 6. The zero-order chi connectivity index (χ0) is 15.2. The number of thiophene rings is 1. The number of carbonyl (C=O) groups excluding carboxylic acids is 1. The van der Waals surface area contributed by atoms with Crippen molar-refractivity contribution >= 4 is 17.2 Å². The summed E-state index contributed by atoms with van der Waals surface area (Å²) in [4.78, 5) is 15.3. The van der Waals surface area contributed by atoms with E-state index in [9.17, 15) is 4.79 Å². The molecule has 0 aliphatic carbocycles. The molecule has 1 amide bonds. The average Bonchev–Trinajstić information content (AvgIpc) is 2.90. The van der Waals surface area contributed by atoms with Crippen molar-refractivity contribution in [2.45, 2.75) is 26.3 Å². The van der Waals surface area contributed by atoms with Crippen LogP contribution in [0.4, 0.5) is 0 Å². The summed E-state index contributed by atoms with van der Waals surface area (Å²) in [6.45, 7) is 2.78. The van der Waals surface area contributed by atoms with E-state index < -0.39 is 0 Å². The standard InChI is InChI=1S/C17H21NO2S/c1-13-10-11-21-16(13)12-18(2)17(19)9-6-14-4-7-15(20-3)8-5-14/h4-5,7-8,10-11H,6,9,12H2,1-3H3. The van der Waals surface area contributed by atoms with Gasteiger partial charge in [-0.2, -0.15) is 0 Å². The topological polar surface area (TPSA) is 29.5 Å². The average molecular weight is 303 g/mol. The predicted molar refractivity (Wildman–Crippen MR) is 86.8 cm³/mol. The molecule has 0 bridgehead atoms. The highest BCUT2D eigenvalue weighted by atomic mass is 32.1. The second kappa shape index (κ2) is 7.27. The molecule has 0 aliphatic heterocycles. The van der Waals surface area contributed by atoms with Crippen molar-refractivity contribution in [2.75, 3.05) is 14.2 Å².